The smallest absolute Gasteiger partial charge is 0.348 e. The van der Waals surface area contributed by atoms with Gasteiger partial charge in [0.15, 0.2) is 0 Å². The van der Waals surface area contributed by atoms with E-state index in [1.54, 1.807) is 6.92 Å². The van der Waals surface area contributed by atoms with E-state index in [-0.39, 0.29) is 0 Å². The molecular weight excluding hydrogens is 264 g/mol. The van der Waals surface area contributed by atoms with Crippen molar-refractivity contribution in [3.8, 4) is 0 Å². The van der Waals surface area contributed by atoms with Crippen LogP contribution in [0.15, 0.2) is 24.3 Å². The van der Waals surface area contributed by atoms with Crippen LogP contribution in [0.25, 0.3) is 0 Å². The maximum atomic E-state index is 12.7. The molecule has 0 spiro atoms. The number of rotatable bonds is 5. The Labute approximate surface area is 108 Å². The van der Waals surface area contributed by atoms with E-state index in [9.17, 15) is 22.4 Å². The third-order valence-corrected chi connectivity index (χ3v) is 2.36. The maximum Gasteiger partial charge on any atom is 0.401 e. The minimum atomic E-state index is -4.34. The fourth-order valence-electron chi connectivity index (χ4n) is 1.45. The molecule has 3 nitrogen and oxygen atoms in total. The van der Waals surface area contributed by atoms with Gasteiger partial charge in [0.2, 0.25) is 5.91 Å². The van der Waals surface area contributed by atoms with Gasteiger partial charge in [-0.2, -0.15) is 13.2 Å². The van der Waals surface area contributed by atoms with E-state index in [4.69, 9.17) is 0 Å². The van der Waals surface area contributed by atoms with Crippen LogP contribution in [0, 0.1) is 5.82 Å². The molecule has 7 heteroatoms. The van der Waals surface area contributed by atoms with E-state index in [1.807, 2.05) is 5.32 Å². The Kier molecular flexibility index (Phi) is 5.29. The summed E-state index contributed by atoms with van der Waals surface area (Å²) < 4.78 is 48.2. The summed E-state index contributed by atoms with van der Waals surface area (Å²) in [6.07, 6.45) is -4.34. The van der Waals surface area contributed by atoms with E-state index in [2.05, 4.69) is 5.32 Å². The highest BCUT2D eigenvalue weighted by Crippen LogP contribution is 2.13. The summed E-state index contributed by atoms with van der Waals surface area (Å²) in [6.45, 7) is 0.0191. The second-order valence-corrected chi connectivity index (χ2v) is 4.06. The highest BCUT2D eigenvalue weighted by Gasteiger charge is 2.26. The number of carbonyl (C=O) groups is 1. The molecule has 1 atom stereocenters. The number of carbonyl (C=O) groups excluding carboxylic acids is 1. The standard InChI is InChI=1S/C12H14F4N2O/c1-8(9-2-4-10(13)5-3-9)18-11(19)6-17-7-12(14,15)16/h2-5,8,17H,6-7H2,1H3,(H,18,19)/t8-/m0/s1. The van der Waals surface area contributed by atoms with Crippen molar-refractivity contribution in [1.82, 2.24) is 10.6 Å². The van der Waals surface area contributed by atoms with Crippen molar-refractivity contribution in [1.29, 1.82) is 0 Å². The summed E-state index contributed by atoms with van der Waals surface area (Å²) in [5.41, 5.74) is 0.672. The van der Waals surface area contributed by atoms with Crippen molar-refractivity contribution in [3.05, 3.63) is 35.6 Å². The van der Waals surface area contributed by atoms with Gasteiger partial charge in [0, 0.05) is 0 Å². The van der Waals surface area contributed by atoms with E-state index in [0.717, 1.165) is 0 Å². The van der Waals surface area contributed by atoms with Gasteiger partial charge in [-0.15, -0.1) is 0 Å². The predicted molar refractivity (Wildman–Crippen MR) is 61.9 cm³/mol. The highest BCUT2D eigenvalue weighted by molar-refractivity contribution is 5.78. The second kappa shape index (κ2) is 6.51. The van der Waals surface area contributed by atoms with Crippen molar-refractivity contribution in [2.75, 3.05) is 13.1 Å². The Morgan fingerprint density at radius 3 is 2.37 bits per heavy atom. The molecule has 106 valence electrons. The van der Waals surface area contributed by atoms with Gasteiger partial charge >= 0.3 is 6.18 Å². The largest absolute Gasteiger partial charge is 0.401 e. The zero-order valence-corrected chi connectivity index (χ0v) is 10.2. The van der Waals surface area contributed by atoms with Crippen LogP contribution in [0.1, 0.15) is 18.5 Å². The molecule has 0 radical (unpaired) electrons. The Bertz CT molecular complexity index is 417. The minimum absolute atomic E-state index is 0.394. The lowest BCUT2D eigenvalue weighted by Crippen LogP contribution is -2.39. The molecule has 1 amide bonds. The Morgan fingerprint density at radius 1 is 1.26 bits per heavy atom. The van der Waals surface area contributed by atoms with Gasteiger partial charge in [-0.3, -0.25) is 4.79 Å². The zero-order valence-electron chi connectivity index (χ0n) is 10.2. The van der Waals surface area contributed by atoms with Gasteiger partial charge in [-0.05, 0) is 24.6 Å². The Balaban J connectivity index is 2.38. The van der Waals surface area contributed by atoms with Gasteiger partial charge in [0.05, 0.1) is 19.1 Å². The van der Waals surface area contributed by atoms with E-state index in [0.29, 0.717) is 5.56 Å². The first-order chi connectivity index (χ1) is 8.78. The third-order valence-electron chi connectivity index (χ3n) is 2.36. The number of alkyl halides is 3. The molecular formula is C12H14F4N2O. The van der Waals surface area contributed by atoms with Crippen LogP contribution in [0.2, 0.25) is 0 Å². The summed E-state index contributed by atoms with van der Waals surface area (Å²) in [6, 6.07) is 5.10. The Morgan fingerprint density at radius 2 is 1.84 bits per heavy atom. The topological polar surface area (TPSA) is 41.1 Å². The van der Waals surface area contributed by atoms with Crippen molar-refractivity contribution in [2.24, 2.45) is 0 Å². The first-order valence-electron chi connectivity index (χ1n) is 5.60. The highest BCUT2D eigenvalue weighted by atomic mass is 19.4. The molecule has 0 aliphatic rings. The van der Waals surface area contributed by atoms with Crippen LogP contribution in [-0.2, 0) is 4.79 Å². The average molecular weight is 278 g/mol. The Hall–Kier alpha value is -1.63. The molecule has 0 unspecified atom stereocenters. The van der Waals surface area contributed by atoms with E-state index in [1.165, 1.54) is 24.3 Å². The molecule has 0 fully saturated rings. The molecule has 1 aromatic carbocycles. The fraction of sp³-hybridized carbons (Fsp3) is 0.417. The molecule has 0 aromatic heterocycles. The average Bonchev–Trinajstić information content (AvgIpc) is 2.27. The summed E-state index contributed by atoms with van der Waals surface area (Å²) in [5.74, 6) is -0.949. The van der Waals surface area contributed by atoms with Crippen LogP contribution in [0.5, 0.6) is 0 Å². The number of hydrogen-bond acceptors (Lipinski definition) is 2. The molecule has 0 bridgehead atoms. The van der Waals surface area contributed by atoms with Crippen molar-refractivity contribution < 1.29 is 22.4 Å². The van der Waals surface area contributed by atoms with Gasteiger partial charge in [0.1, 0.15) is 5.82 Å². The monoisotopic (exact) mass is 278 g/mol. The quantitative estimate of drug-likeness (QED) is 0.810. The number of hydrogen-bond donors (Lipinski definition) is 2. The van der Waals surface area contributed by atoms with Crippen LogP contribution in [-0.4, -0.2) is 25.2 Å². The van der Waals surface area contributed by atoms with Crippen molar-refractivity contribution >= 4 is 5.91 Å². The van der Waals surface area contributed by atoms with Crippen LogP contribution in [0.3, 0.4) is 0 Å². The van der Waals surface area contributed by atoms with Gasteiger partial charge in [-0.25, -0.2) is 4.39 Å². The molecule has 2 N–H and O–H groups in total. The number of benzene rings is 1. The minimum Gasteiger partial charge on any atom is -0.348 e. The lowest BCUT2D eigenvalue weighted by molar-refractivity contribution is -0.128. The molecule has 0 saturated heterocycles. The zero-order chi connectivity index (χ0) is 14.5. The van der Waals surface area contributed by atoms with Gasteiger partial charge in [0.25, 0.3) is 0 Å². The molecule has 0 aliphatic carbocycles. The number of amides is 1. The molecule has 0 heterocycles. The lowest BCUT2D eigenvalue weighted by atomic mass is 10.1. The molecule has 0 aliphatic heterocycles. The first-order valence-corrected chi connectivity index (χ1v) is 5.60. The molecule has 19 heavy (non-hydrogen) atoms. The normalized spacial score (nSPS) is 13.1. The van der Waals surface area contributed by atoms with E-state index < -0.39 is 37.0 Å². The van der Waals surface area contributed by atoms with Gasteiger partial charge < -0.3 is 10.6 Å². The fourth-order valence-corrected chi connectivity index (χ4v) is 1.45. The van der Waals surface area contributed by atoms with Crippen LogP contribution in [0.4, 0.5) is 17.6 Å². The summed E-state index contributed by atoms with van der Waals surface area (Å²) in [7, 11) is 0. The number of halogens is 4. The second-order valence-electron chi connectivity index (χ2n) is 4.06. The third kappa shape index (κ3) is 6.19. The van der Waals surface area contributed by atoms with Crippen molar-refractivity contribution in [3.63, 3.8) is 0 Å². The van der Waals surface area contributed by atoms with Crippen LogP contribution >= 0.6 is 0 Å². The summed E-state index contributed by atoms with van der Waals surface area (Å²) >= 11 is 0. The van der Waals surface area contributed by atoms with E-state index >= 15 is 0 Å². The predicted octanol–water partition coefficient (Wildman–Crippen LogP) is 2.15. The SMILES string of the molecule is C[C@H](NC(=O)CNCC(F)(F)F)c1ccc(F)cc1. The maximum absolute atomic E-state index is 12.7. The number of nitrogens with one attached hydrogen (secondary N) is 2. The van der Waals surface area contributed by atoms with Crippen molar-refractivity contribution in [2.45, 2.75) is 19.1 Å². The molecule has 1 rings (SSSR count). The van der Waals surface area contributed by atoms with Crippen LogP contribution < -0.4 is 10.6 Å². The summed E-state index contributed by atoms with van der Waals surface area (Å²) in [4.78, 5) is 11.4. The lowest BCUT2D eigenvalue weighted by Gasteiger charge is -2.15. The summed E-state index contributed by atoms with van der Waals surface area (Å²) in [5, 5.41) is 4.50. The first kappa shape index (κ1) is 15.4. The molecule has 1 aromatic rings. The molecule has 0 saturated carbocycles. The van der Waals surface area contributed by atoms with Gasteiger partial charge in [-0.1, -0.05) is 12.1 Å².